The van der Waals surface area contributed by atoms with E-state index in [9.17, 15) is 0 Å². The van der Waals surface area contributed by atoms with E-state index in [2.05, 4.69) is 33.2 Å². The van der Waals surface area contributed by atoms with Crippen molar-refractivity contribution in [3.63, 3.8) is 0 Å². The molecule has 0 spiro atoms. The van der Waals surface area contributed by atoms with Crippen LogP contribution in [0.5, 0.6) is 0 Å². The number of nitrogens with zero attached hydrogens (tertiary/aromatic N) is 1. The first-order valence-electron chi connectivity index (χ1n) is 4.42. The Morgan fingerprint density at radius 2 is 1.87 bits per heavy atom. The first kappa shape index (κ1) is 11.5. The Morgan fingerprint density at radius 1 is 1.00 bits per heavy atom. The van der Waals surface area contributed by atoms with E-state index < -0.39 is 0 Å². The maximum atomic E-state index is 3.67. The van der Waals surface area contributed by atoms with Crippen molar-refractivity contribution in [2.24, 2.45) is 0 Å². The monoisotopic (exact) mass is 219 g/mol. The summed E-state index contributed by atoms with van der Waals surface area (Å²) in [5, 5.41) is 1.28. The van der Waals surface area contributed by atoms with Crippen molar-refractivity contribution in [2.45, 2.75) is 0 Å². The highest BCUT2D eigenvalue weighted by Gasteiger charge is 1.86. The van der Waals surface area contributed by atoms with Crippen molar-refractivity contribution in [2.75, 3.05) is 0 Å². The molecule has 3 aromatic rings. The lowest BCUT2D eigenvalue weighted by molar-refractivity contribution is 1.31. The van der Waals surface area contributed by atoms with Crippen LogP contribution in [0.4, 0.5) is 0 Å². The van der Waals surface area contributed by atoms with E-state index in [0.717, 1.165) is 0 Å². The molecule has 2 heterocycles. The van der Waals surface area contributed by atoms with Crippen LogP contribution in [0.3, 0.4) is 0 Å². The summed E-state index contributed by atoms with van der Waals surface area (Å²) in [4.78, 5) is 9.54. The minimum absolute atomic E-state index is 0. The second kappa shape index (κ2) is 5.99. The molecular formula is C11H14N3P. The highest BCUT2D eigenvalue weighted by Crippen LogP contribution is 2.09. The summed E-state index contributed by atoms with van der Waals surface area (Å²) in [6.07, 6.45) is 7.03. The number of para-hydroxylation sites is 1. The van der Waals surface area contributed by atoms with Crippen LogP contribution in [0.15, 0.2) is 55.2 Å². The molecule has 1 unspecified atom stereocenters. The van der Waals surface area contributed by atoms with E-state index in [4.69, 9.17) is 0 Å². The van der Waals surface area contributed by atoms with Crippen molar-refractivity contribution in [3.8, 4) is 0 Å². The summed E-state index contributed by atoms with van der Waals surface area (Å²) >= 11 is 0. The van der Waals surface area contributed by atoms with Gasteiger partial charge >= 0.3 is 0 Å². The third kappa shape index (κ3) is 3.22. The number of fused-ring (bicyclic) bond motifs is 1. The number of nitrogens with one attached hydrogen (secondary N) is 2. The van der Waals surface area contributed by atoms with Crippen LogP contribution in [0.1, 0.15) is 0 Å². The lowest BCUT2D eigenvalue weighted by Gasteiger charge is -1.83. The maximum Gasteiger partial charge on any atom is 0.0919 e. The average Bonchev–Trinajstić information content (AvgIpc) is 2.92. The first-order chi connectivity index (χ1) is 6.97. The van der Waals surface area contributed by atoms with Gasteiger partial charge in [-0.15, -0.1) is 0 Å². The van der Waals surface area contributed by atoms with Gasteiger partial charge in [0.2, 0.25) is 0 Å². The Morgan fingerprint density at radius 3 is 2.47 bits per heavy atom. The van der Waals surface area contributed by atoms with Gasteiger partial charge in [0.1, 0.15) is 0 Å². The molecule has 0 amide bonds. The van der Waals surface area contributed by atoms with E-state index in [-0.39, 0.29) is 9.90 Å². The molecule has 4 heteroatoms. The quantitative estimate of drug-likeness (QED) is 0.561. The van der Waals surface area contributed by atoms with Crippen molar-refractivity contribution < 1.29 is 0 Å². The van der Waals surface area contributed by atoms with Crippen molar-refractivity contribution in [1.82, 2.24) is 15.0 Å². The molecule has 0 saturated carbocycles. The van der Waals surface area contributed by atoms with Gasteiger partial charge in [-0.2, -0.15) is 9.90 Å². The number of imidazole rings is 1. The zero-order valence-corrected chi connectivity index (χ0v) is 9.76. The average molecular weight is 219 g/mol. The smallest absolute Gasteiger partial charge is 0.0919 e. The lowest BCUT2D eigenvalue weighted by Crippen LogP contribution is -1.61. The molecule has 2 aromatic heterocycles. The van der Waals surface area contributed by atoms with Crippen LogP contribution in [0.25, 0.3) is 10.9 Å². The topological polar surface area (TPSA) is 44.5 Å². The molecule has 78 valence electrons. The predicted molar refractivity (Wildman–Crippen MR) is 68.0 cm³/mol. The van der Waals surface area contributed by atoms with Crippen LogP contribution in [-0.2, 0) is 0 Å². The fourth-order valence-electron chi connectivity index (χ4n) is 1.21. The number of rotatable bonds is 0. The first-order valence-corrected chi connectivity index (χ1v) is 4.42. The molecule has 2 N–H and O–H groups in total. The third-order valence-corrected chi connectivity index (χ3v) is 1.87. The van der Waals surface area contributed by atoms with Crippen molar-refractivity contribution in [1.29, 1.82) is 0 Å². The number of aromatic amines is 2. The Balaban J connectivity index is 0.000000162. The summed E-state index contributed by atoms with van der Waals surface area (Å²) in [6, 6.07) is 10.3. The Labute approximate surface area is 91.6 Å². The highest BCUT2D eigenvalue weighted by molar-refractivity contribution is 6.92. The molecule has 0 aliphatic carbocycles. The molecule has 0 aliphatic rings. The summed E-state index contributed by atoms with van der Waals surface area (Å²) in [6.45, 7) is 0. The zero-order valence-electron chi connectivity index (χ0n) is 8.35. The molecule has 0 fully saturated rings. The largest absolute Gasteiger partial charge is 0.361 e. The Hall–Kier alpha value is -1.60. The fourth-order valence-corrected chi connectivity index (χ4v) is 1.21. The standard InChI is InChI=1S/C8H7N.C3H4N2.H3P/c1-2-4-8-7(3-1)5-6-9-8;1-2-5-3-4-1;/h1-6,9H;1-3H,(H,4,5);1H3. The van der Waals surface area contributed by atoms with E-state index in [1.807, 2.05) is 18.3 Å². The third-order valence-electron chi connectivity index (χ3n) is 1.87. The van der Waals surface area contributed by atoms with Gasteiger partial charge in [0.05, 0.1) is 6.33 Å². The SMILES string of the molecule is P.c1c[nH]cn1.c1ccc2[nH]ccc2c1. The summed E-state index contributed by atoms with van der Waals surface area (Å²) in [5.74, 6) is 0. The Kier molecular flexibility index (Phi) is 4.58. The molecule has 1 aromatic carbocycles. The van der Waals surface area contributed by atoms with Gasteiger partial charge in [-0.05, 0) is 17.5 Å². The summed E-state index contributed by atoms with van der Waals surface area (Å²) in [5.41, 5.74) is 1.21. The number of aromatic nitrogens is 3. The molecule has 0 radical (unpaired) electrons. The highest BCUT2D eigenvalue weighted by atomic mass is 31.0. The van der Waals surface area contributed by atoms with Crippen LogP contribution < -0.4 is 0 Å². The predicted octanol–water partition coefficient (Wildman–Crippen LogP) is 2.64. The summed E-state index contributed by atoms with van der Waals surface area (Å²) < 4.78 is 0. The molecule has 0 aliphatic heterocycles. The van der Waals surface area contributed by atoms with Gasteiger partial charge in [0, 0.05) is 24.1 Å². The van der Waals surface area contributed by atoms with Gasteiger partial charge in [-0.3, -0.25) is 0 Å². The molecular weight excluding hydrogens is 205 g/mol. The number of hydrogen-bond acceptors (Lipinski definition) is 1. The van der Waals surface area contributed by atoms with Gasteiger partial charge in [-0.25, -0.2) is 4.98 Å². The molecule has 15 heavy (non-hydrogen) atoms. The second-order valence-corrected chi connectivity index (χ2v) is 2.83. The van der Waals surface area contributed by atoms with Crippen LogP contribution in [0.2, 0.25) is 0 Å². The zero-order chi connectivity index (χ0) is 9.64. The molecule has 3 rings (SSSR count). The number of benzene rings is 1. The van der Waals surface area contributed by atoms with Gasteiger partial charge < -0.3 is 9.97 Å². The van der Waals surface area contributed by atoms with Crippen LogP contribution >= 0.6 is 9.90 Å². The molecule has 1 atom stereocenters. The van der Waals surface area contributed by atoms with Crippen LogP contribution in [-0.4, -0.2) is 15.0 Å². The molecule has 0 saturated heterocycles. The van der Waals surface area contributed by atoms with E-state index in [1.165, 1.54) is 10.9 Å². The van der Waals surface area contributed by atoms with E-state index in [0.29, 0.717) is 0 Å². The minimum Gasteiger partial charge on any atom is -0.361 e. The Bertz CT molecular complexity index is 426. The van der Waals surface area contributed by atoms with Gasteiger partial charge in [-0.1, -0.05) is 18.2 Å². The summed E-state index contributed by atoms with van der Waals surface area (Å²) in [7, 11) is 0. The van der Waals surface area contributed by atoms with Gasteiger partial charge in [0.25, 0.3) is 0 Å². The normalized spacial score (nSPS) is 8.80. The lowest BCUT2D eigenvalue weighted by atomic mass is 10.3. The second-order valence-electron chi connectivity index (χ2n) is 2.83. The van der Waals surface area contributed by atoms with Crippen LogP contribution in [0, 0.1) is 0 Å². The van der Waals surface area contributed by atoms with Gasteiger partial charge in [0.15, 0.2) is 0 Å². The fraction of sp³-hybridized carbons (Fsp3) is 0. The number of H-pyrrole nitrogens is 2. The van der Waals surface area contributed by atoms with E-state index >= 15 is 0 Å². The maximum absolute atomic E-state index is 3.67. The number of hydrogen-bond donors (Lipinski definition) is 2. The van der Waals surface area contributed by atoms with Crippen molar-refractivity contribution in [3.05, 3.63) is 55.2 Å². The van der Waals surface area contributed by atoms with E-state index in [1.54, 1.807) is 18.7 Å². The minimum atomic E-state index is 0. The molecule has 3 nitrogen and oxygen atoms in total. The molecule has 0 bridgehead atoms. The van der Waals surface area contributed by atoms with Crippen molar-refractivity contribution >= 4 is 20.8 Å².